The summed E-state index contributed by atoms with van der Waals surface area (Å²) in [5.74, 6) is 0. The fourth-order valence-electron chi connectivity index (χ4n) is 1.56. The van der Waals surface area contributed by atoms with Crippen LogP contribution in [0.4, 0.5) is 0 Å². The van der Waals surface area contributed by atoms with Gasteiger partial charge in [0.1, 0.15) is 0 Å². The molecular weight excluding hydrogens is 156 g/mol. The lowest BCUT2D eigenvalue weighted by molar-refractivity contribution is 0.0407. The summed E-state index contributed by atoms with van der Waals surface area (Å²) in [5, 5.41) is 25.0. The van der Waals surface area contributed by atoms with E-state index in [1.54, 1.807) is 0 Å². The maximum Gasteiger partial charge on any atom is 0.0976 e. The molecule has 70 valence electrons. The Morgan fingerprint density at radius 1 is 1.33 bits per heavy atom. The summed E-state index contributed by atoms with van der Waals surface area (Å²) in [4.78, 5) is 0. The second-order valence-electron chi connectivity index (χ2n) is 3.76. The minimum atomic E-state index is -0.601. The highest BCUT2D eigenvalue weighted by Crippen LogP contribution is 2.19. The summed E-state index contributed by atoms with van der Waals surface area (Å²) in [6.45, 7) is 1.28. The second-order valence-corrected chi connectivity index (χ2v) is 3.76. The number of hydrogen-bond acceptors (Lipinski definition) is 4. The first kappa shape index (κ1) is 8.44. The van der Waals surface area contributed by atoms with Crippen molar-refractivity contribution in [2.75, 3.05) is 13.1 Å². The summed E-state index contributed by atoms with van der Waals surface area (Å²) in [7, 11) is 0. The van der Waals surface area contributed by atoms with Crippen LogP contribution in [0.25, 0.3) is 0 Å². The van der Waals surface area contributed by atoms with Gasteiger partial charge in [-0.25, -0.2) is 0 Å². The third-order valence-electron chi connectivity index (χ3n) is 2.60. The van der Waals surface area contributed by atoms with Crippen LogP contribution in [0.15, 0.2) is 0 Å². The van der Waals surface area contributed by atoms with E-state index < -0.39 is 12.2 Å². The number of aliphatic hydroxyl groups is 2. The molecule has 12 heavy (non-hydrogen) atoms. The maximum atomic E-state index is 9.44. The molecule has 2 aliphatic rings. The molecule has 0 radical (unpaired) electrons. The number of rotatable bonds is 3. The molecule has 1 saturated carbocycles. The summed E-state index contributed by atoms with van der Waals surface area (Å²) in [5.41, 5.74) is 0. The molecule has 2 rings (SSSR count). The molecule has 0 aromatic heterocycles. The van der Waals surface area contributed by atoms with Crippen LogP contribution in [0.5, 0.6) is 0 Å². The van der Waals surface area contributed by atoms with E-state index >= 15 is 0 Å². The van der Waals surface area contributed by atoms with Gasteiger partial charge in [0.2, 0.25) is 0 Å². The van der Waals surface area contributed by atoms with Gasteiger partial charge in [-0.05, 0) is 12.8 Å². The molecular formula is C8H16N2O2. The minimum Gasteiger partial charge on any atom is -0.389 e. The van der Waals surface area contributed by atoms with Crippen LogP contribution in [-0.2, 0) is 0 Å². The van der Waals surface area contributed by atoms with Crippen molar-refractivity contribution >= 4 is 0 Å². The largest absolute Gasteiger partial charge is 0.389 e. The molecule has 0 aromatic carbocycles. The van der Waals surface area contributed by atoms with Crippen molar-refractivity contribution in [1.29, 1.82) is 0 Å². The standard InChI is InChI=1S/C8H16N2O2/c11-7-4-10-6(8(7)12)3-9-5-1-2-5/h5-12H,1-4H2/t6-,7+,8-/m1/s1. The molecule has 0 bridgehead atoms. The van der Waals surface area contributed by atoms with Gasteiger partial charge >= 0.3 is 0 Å². The first-order chi connectivity index (χ1) is 5.77. The topological polar surface area (TPSA) is 64.5 Å². The average molecular weight is 172 g/mol. The molecule has 0 unspecified atom stereocenters. The third-order valence-corrected chi connectivity index (χ3v) is 2.60. The predicted molar refractivity (Wildman–Crippen MR) is 44.8 cm³/mol. The summed E-state index contributed by atoms with van der Waals surface area (Å²) in [6, 6.07) is 0.692. The van der Waals surface area contributed by atoms with Crippen molar-refractivity contribution in [3.63, 3.8) is 0 Å². The van der Waals surface area contributed by atoms with Crippen LogP contribution >= 0.6 is 0 Å². The fraction of sp³-hybridized carbons (Fsp3) is 1.00. The average Bonchev–Trinajstić information content (AvgIpc) is 2.82. The van der Waals surface area contributed by atoms with E-state index in [1.165, 1.54) is 12.8 Å². The van der Waals surface area contributed by atoms with Gasteiger partial charge in [0.05, 0.1) is 12.2 Å². The van der Waals surface area contributed by atoms with Crippen LogP contribution in [0.1, 0.15) is 12.8 Å². The van der Waals surface area contributed by atoms with Crippen molar-refractivity contribution in [3.05, 3.63) is 0 Å². The Hall–Kier alpha value is -0.160. The van der Waals surface area contributed by atoms with E-state index in [9.17, 15) is 10.2 Å². The van der Waals surface area contributed by atoms with Gasteiger partial charge in [-0.3, -0.25) is 0 Å². The van der Waals surface area contributed by atoms with Crippen molar-refractivity contribution in [3.8, 4) is 0 Å². The molecule has 2 fully saturated rings. The molecule has 0 aromatic rings. The first-order valence-corrected chi connectivity index (χ1v) is 4.60. The summed E-state index contributed by atoms with van der Waals surface area (Å²) >= 11 is 0. The number of nitrogens with one attached hydrogen (secondary N) is 2. The van der Waals surface area contributed by atoms with Crippen LogP contribution in [-0.4, -0.2) is 47.6 Å². The Morgan fingerprint density at radius 2 is 2.08 bits per heavy atom. The zero-order chi connectivity index (χ0) is 8.55. The van der Waals surface area contributed by atoms with Crippen molar-refractivity contribution in [2.24, 2.45) is 0 Å². The Bertz CT molecular complexity index is 161. The summed E-state index contributed by atoms with van der Waals surface area (Å²) in [6.07, 6.45) is 1.32. The van der Waals surface area contributed by atoms with E-state index in [4.69, 9.17) is 0 Å². The van der Waals surface area contributed by atoms with Crippen LogP contribution in [0.3, 0.4) is 0 Å². The van der Waals surface area contributed by atoms with E-state index in [0.717, 1.165) is 6.54 Å². The Labute approximate surface area is 72.0 Å². The Balaban J connectivity index is 1.72. The fourth-order valence-corrected chi connectivity index (χ4v) is 1.56. The molecule has 0 spiro atoms. The quantitative estimate of drug-likeness (QED) is 0.415. The predicted octanol–water partition coefficient (Wildman–Crippen LogP) is -1.57. The number of aliphatic hydroxyl groups excluding tert-OH is 2. The lowest BCUT2D eigenvalue weighted by atomic mass is 10.1. The molecule has 4 nitrogen and oxygen atoms in total. The normalized spacial score (nSPS) is 42.0. The van der Waals surface area contributed by atoms with Crippen molar-refractivity contribution < 1.29 is 10.2 Å². The van der Waals surface area contributed by atoms with Crippen molar-refractivity contribution in [2.45, 2.75) is 37.1 Å². The van der Waals surface area contributed by atoms with Gasteiger partial charge in [-0.1, -0.05) is 0 Å². The van der Waals surface area contributed by atoms with Crippen molar-refractivity contribution in [1.82, 2.24) is 10.6 Å². The zero-order valence-corrected chi connectivity index (χ0v) is 7.03. The van der Waals surface area contributed by atoms with Crippen LogP contribution in [0.2, 0.25) is 0 Å². The highest BCUT2D eigenvalue weighted by atomic mass is 16.3. The maximum absolute atomic E-state index is 9.44. The highest BCUT2D eigenvalue weighted by molar-refractivity contribution is 4.93. The first-order valence-electron chi connectivity index (χ1n) is 4.60. The minimum absolute atomic E-state index is 0.0283. The third kappa shape index (κ3) is 1.77. The van der Waals surface area contributed by atoms with Gasteiger partial charge in [0.25, 0.3) is 0 Å². The van der Waals surface area contributed by atoms with Gasteiger partial charge in [0, 0.05) is 25.2 Å². The molecule has 0 amide bonds. The van der Waals surface area contributed by atoms with E-state index in [0.29, 0.717) is 12.6 Å². The SMILES string of the molecule is O[C@H]1[C@@H](O)CN[C@@H]1CNC1CC1. The molecule has 1 heterocycles. The van der Waals surface area contributed by atoms with Gasteiger partial charge in [-0.15, -0.1) is 0 Å². The lowest BCUT2D eigenvalue weighted by Crippen LogP contribution is -2.42. The summed E-state index contributed by atoms with van der Waals surface area (Å²) < 4.78 is 0. The monoisotopic (exact) mass is 172 g/mol. The molecule has 1 aliphatic heterocycles. The van der Waals surface area contributed by atoms with Gasteiger partial charge in [0.15, 0.2) is 0 Å². The van der Waals surface area contributed by atoms with Crippen LogP contribution < -0.4 is 10.6 Å². The highest BCUT2D eigenvalue weighted by Gasteiger charge is 2.33. The molecule has 4 heteroatoms. The lowest BCUT2D eigenvalue weighted by Gasteiger charge is -2.16. The molecule has 3 atom stereocenters. The number of β-amino-alcohol motifs (C(OH)–C–C–N with tert-alkyl or cyclic N) is 1. The van der Waals surface area contributed by atoms with Crippen LogP contribution in [0, 0.1) is 0 Å². The molecule has 1 saturated heterocycles. The molecule has 1 aliphatic carbocycles. The van der Waals surface area contributed by atoms with E-state index in [2.05, 4.69) is 10.6 Å². The number of hydrogen-bond donors (Lipinski definition) is 4. The second kappa shape index (κ2) is 3.30. The van der Waals surface area contributed by atoms with Gasteiger partial charge in [-0.2, -0.15) is 0 Å². The zero-order valence-electron chi connectivity index (χ0n) is 7.03. The van der Waals surface area contributed by atoms with E-state index in [-0.39, 0.29) is 6.04 Å². The van der Waals surface area contributed by atoms with E-state index in [1.807, 2.05) is 0 Å². The Morgan fingerprint density at radius 3 is 2.58 bits per heavy atom. The Kier molecular flexibility index (Phi) is 2.32. The van der Waals surface area contributed by atoms with Gasteiger partial charge < -0.3 is 20.8 Å². The molecule has 4 N–H and O–H groups in total. The smallest absolute Gasteiger partial charge is 0.0976 e.